The summed E-state index contributed by atoms with van der Waals surface area (Å²) in [6.45, 7) is 0.499. The summed E-state index contributed by atoms with van der Waals surface area (Å²) in [7, 11) is 0. The molecule has 1 saturated heterocycles. The average Bonchev–Trinajstić information content (AvgIpc) is 2.63. The Morgan fingerprint density at radius 3 is 2.94 bits per heavy atom. The summed E-state index contributed by atoms with van der Waals surface area (Å²) in [5.41, 5.74) is 0.742. The average molecular weight is 345 g/mol. The van der Waals surface area contributed by atoms with Crippen molar-refractivity contribution in [1.82, 2.24) is 10.6 Å². The third-order valence-electron chi connectivity index (χ3n) is 2.40. The van der Waals surface area contributed by atoms with Crippen LogP contribution in [0.25, 0.3) is 0 Å². The first-order chi connectivity index (χ1) is 8.13. The van der Waals surface area contributed by atoms with Crippen molar-refractivity contribution in [3.05, 3.63) is 27.8 Å². The first-order valence-corrected chi connectivity index (χ1v) is 6.31. The predicted molar refractivity (Wildman–Crippen MR) is 72.7 cm³/mol. The van der Waals surface area contributed by atoms with Crippen LogP contribution in [0.2, 0.25) is 0 Å². The highest BCUT2D eigenvalue weighted by atomic mass is 127. The van der Waals surface area contributed by atoms with Crippen LogP contribution in [-0.4, -0.2) is 24.5 Å². The van der Waals surface area contributed by atoms with E-state index in [4.69, 9.17) is 0 Å². The van der Waals surface area contributed by atoms with Crippen molar-refractivity contribution in [2.24, 2.45) is 0 Å². The van der Waals surface area contributed by atoms with Crippen molar-refractivity contribution >= 4 is 40.2 Å². The molecule has 6 heteroatoms. The second-order valence-electron chi connectivity index (χ2n) is 3.81. The topological polar surface area (TPSA) is 70.2 Å². The fourth-order valence-electron chi connectivity index (χ4n) is 1.63. The summed E-state index contributed by atoms with van der Waals surface area (Å²) in [5, 5.41) is 8.14. The summed E-state index contributed by atoms with van der Waals surface area (Å²) in [5.74, 6) is -0.0236. The lowest BCUT2D eigenvalue weighted by molar-refractivity contribution is -0.119. The number of carbonyl (C=O) groups excluding carboxylic acids is 2. The molecule has 2 rings (SSSR count). The van der Waals surface area contributed by atoms with Gasteiger partial charge in [0.05, 0.1) is 6.04 Å². The zero-order valence-corrected chi connectivity index (χ0v) is 11.2. The Hall–Kier alpha value is -1.31. The van der Waals surface area contributed by atoms with Crippen LogP contribution in [0.1, 0.15) is 6.42 Å². The van der Waals surface area contributed by atoms with Crippen molar-refractivity contribution < 1.29 is 9.59 Å². The van der Waals surface area contributed by atoms with Gasteiger partial charge in [0.2, 0.25) is 5.91 Å². The molecular formula is C11H12IN3O2. The van der Waals surface area contributed by atoms with Crippen molar-refractivity contribution in [2.75, 3.05) is 11.9 Å². The SMILES string of the molecule is O=C1C[C@H](NC(=O)Nc2cccc(I)c2)CN1. The molecule has 5 nitrogen and oxygen atoms in total. The molecule has 1 aromatic rings. The number of hydrogen-bond acceptors (Lipinski definition) is 2. The zero-order chi connectivity index (χ0) is 12.3. The fourth-order valence-corrected chi connectivity index (χ4v) is 2.17. The van der Waals surface area contributed by atoms with Crippen molar-refractivity contribution in [2.45, 2.75) is 12.5 Å². The third kappa shape index (κ3) is 3.58. The largest absolute Gasteiger partial charge is 0.354 e. The van der Waals surface area contributed by atoms with E-state index in [0.717, 1.165) is 9.26 Å². The number of urea groups is 1. The minimum atomic E-state index is -0.284. The Kier molecular flexibility index (Phi) is 3.82. The predicted octanol–water partition coefficient (Wildman–Crippen LogP) is 1.30. The highest BCUT2D eigenvalue weighted by Crippen LogP contribution is 2.12. The van der Waals surface area contributed by atoms with E-state index in [1.54, 1.807) is 0 Å². The van der Waals surface area contributed by atoms with Gasteiger partial charge in [-0.25, -0.2) is 4.79 Å². The molecule has 1 aromatic carbocycles. The molecule has 1 aliphatic rings. The van der Waals surface area contributed by atoms with E-state index in [-0.39, 0.29) is 18.0 Å². The van der Waals surface area contributed by atoms with Gasteiger partial charge in [-0.2, -0.15) is 0 Å². The number of carbonyl (C=O) groups is 2. The number of hydrogen-bond donors (Lipinski definition) is 3. The Morgan fingerprint density at radius 1 is 1.47 bits per heavy atom. The Labute approximate surface area is 112 Å². The summed E-state index contributed by atoms with van der Waals surface area (Å²) in [6.07, 6.45) is 0.347. The summed E-state index contributed by atoms with van der Waals surface area (Å²) < 4.78 is 1.05. The van der Waals surface area contributed by atoms with Crippen LogP contribution in [0.3, 0.4) is 0 Å². The summed E-state index contributed by atoms with van der Waals surface area (Å²) >= 11 is 2.18. The summed E-state index contributed by atoms with van der Waals surface area (Å²) in [4.78, 5) is 22.6. The van der Waals surface area contributed by atoms with Crippen LogP contribution < -0.4 is 16.0 Å². The minimum Gasteiger partial charge on any atom is -0.354 e. The van der Waals surface area contributed by atoms with Gasteiger partial charge in [0.25, 0.3) is 0 Å². The number of amides is 3. The van der Waals surface area contributed by atoms with Gasteiger partial charge < -0.3 is 16.0 Å². The van der Waals surface area contributed by atoms with E-state index >= 15 is 0 Å². The second-order valence-corrected chi connectivity index (χ2v) is 5.06. The van der Waals surface area contributed by atoms with Crippen LogP contribution in [0, 0.1) is 3.57 Å². The molecule has 0 aromatic heterocycles. The van der Waals surface area contributed by atoms with Crippen LogP contribution >= 0.6 is 22.6 Å². The fraction of sp³-hybridized carbons (Fsp3) is 0.273. The lowest BCUT2D eigenvalue weighted by Gasteiger charge is -2.11. The molecule has 3 N–H and O–H groups in total. The maximum absolute atomic E-state index is 11.6. The first-order valence-electron chi connectivity index (χ1n) is 5.23. The minimum absolute atomic E-state index is 0.0236. The van der Waals surface area contributed by atoms with E-state index in [0.29, 0.717) is 13.0 Å². The monoisotopic (exact) mass is 345 g/mol. The molecule has 0 unspecified atom stereocenters. The third-order valence-corrected chi connectivity index (χ3v) is 3.07. The zero-order valence-electron chi connectivity index (χ0n) is 9.00. The van der Waals surface area contributed by atoms with Crippen molar-refractivity contribution in [3.8, 4) is 0 Å². The van der Waals surface area contributed by atoms with Gasteiger partial charge in [-0.15, -0.1) is 0 Å². The highest BCUT2D eigenvalue weighted by molar-refractivity contribution is 14.1. The van der Waals surface area contributed by atoms with E-state index in [1.165, 1.54) is 0 Å². The molecule has 90 valence electrons. The van der Waals surface area contributed by atoms with Crippen molar-refractivity contribution in [3.63, 3.8) is 0 Å². The molecule has 0 spiro atoms. The number of benzene rings is 1. The Bertz CT molecular complexity index is 450. The molecule has 1 aliphatic heterocycles. The molecule has 1 fully saturated rings. The maximum atomic E-state index is 11.6. The molecule has 0 bridgehead atoms. The van der Waals surface area contributed by atoms with Gasteiger partial charge >= 0.3 is 6.03 Å². The van der Waals surface area contributed by atoms with E-state index in [9.17, 15) is 9.59 Å². The molecule has 1 atom stereocenters. The van der Waals surface area contributed by atoms with Crippen molar-refractivity contribution in [1.29, 1.82) is 0 Å². The van der Waals surface area contributed by atoms with Crippen LogP contribution in [0.5, 0.6) is 0 Å². The molecule has 0 radical (unpaired) electrons. The lowest BCUT2D eigenvalue weighted by atomic mass is 10.2. The number of nitrogens with one attached hydrogen (secondary N) is 3. The number of rotatable bonds is 2. The van der Waals surface area contributed by atoms with Crippen LogP contribution in [-0.2, 0) is 4.79 Å². The Morgan fingerprint density at radius 2 is 2.29 bits per heavy atom. The molecule has 1 heterocycles. The van der Waals surface area contributed by atoms with E-state index < -0.39 is 0 Å². The second kappa shape index (κ2) is 5.35. The normalized spacial score (nSPS) is 18.6. The van der Waals surface area contributed by atoms with E-state index in [1.807, 2.05) is 24.3 Å². The van der Waals surface area contributed by atoms with Gasteiger partial charge in [0, 0.05) is 22.2 Å². The standard InChI is InChI=1S/C11H12IN3O2/c12-7-2-1-3-8(4-7)14-11(17)15-9-5-10(16)13-6-9/h1-4,9H,5-6H2,(H,13,16)(H2,14,15,17)/t9-/m0/s1. The lowest BCUT2D eigenvalue weighted by Crippen LogP contribution is -2.39. The molecule has 3 amide bonds. The van der Waals surface area contributed by atoms with Crippen LogP contribution in [0.4, 0.5) is 10.5 Å². The molecular weight excluding hydrogens is 333 g/mol. The molecule has 0 aliphatic carbocycles. The summed E-state index contributed by atoms with van der Waals surface area (Å²) in [6, 6.07) is 7.11. The number of halogens is 1. The highest BCUT2D eigenvalue weighted by Gasteiger charge is 2.22. The van der Waals surface area contributed by atoms with Crippen LogP contribution in [0.15, 0.2) is 24.3 Å². The maximum Gasteiger partial charge on any atom is 0.319 e. The smallest absolute Gasteiger partial charge is 0.319 e. The Balaban J connectivity index is 1.87. The van der Waals surface area contributed by atoms with Gasteiger partial charge in [-0.05, 0) is 40.8 Å². The first kappa shape index (κ1) is 12.2. The van der Waals surface area contributed by atoms with Gasteiger partial charge in [-0.3, -0.25) is 4.79 Å². The van der Waals surface area contributed by atoms with Gasteiger partial charge in [0.15, 0.2) is 0 Å². The van der Waals surface area contributed by atoms with Gasteiger partial charge in [-0.1, -0.05) is 6.07 Å². The van der Waals surface area contributed by atoms with E-state index in [2.05, 4.69) is 38.5 Å². The van der Waals surface area contributed by atoms with Gasteiger partial charge in [0.1, 0.15) is 0 Å². The number of anilines is 1. The molecule has 17 heavy (non-hydrogen) atoms. The quantitative estimate of drug-likeness (QED) is 0.708. The molecule has 0 saturated carbocycles.